The molecule has 0 aliphatic carbocycles. The van der Waals surface area contributed by atoms with Crippen molar-refractivity contribution < 1.29 is 27.5 Å². The number of nitrogens with one attached hydrogen (secondary N) is 1. The van der Waals surface area contributed by atoms with Crippen LogP contribution < -0.4 is 5.32 Å². The number of alkyl halides is 3. The summed E-state index contributed by atoms with van der Waals surface area (Å²) in [6.45, 7) is 1.30. The van der Waals surface area contributed by atoms with Crippen LogP contribution in [0.2, 0.25) is 0 Å². The van der Waals surface area contributed by atoms with E-state index >= 15 is 0 Å². The molecule has 0 atom stereocenters. The van der Waals surface area contributed by atoms with E-state index in [0.29, 0.717) is 0 Å². The Balaban J connectivity index is 2.25. The van der Waals surface area contributed by atoms with Crippen LogP contribution in [0.1, 0.15) is 31.4 Å². The summed E-state index contributed by atoms with van der Waals surface area (Å²) in [5.41, 5.74) is -0.921. The number of amides is 1. The third kappa shape index (κ3) is 3.67. The number of hydrogen-bond acceptors (Lipinski definition) is 5. The molecule has 0 aliphatic heterocycles. The smallest absolute Gasteiger partial charge is 0.433 e. The summed E-state index contributed by atoms with van der Waals surface area (Å²) in [6.07, 6.45) is -4.58. The number of carbonyl (C=O) groups is 2. The molecule has 0 unspecified atom stereocenters. The summed E-state index contributed by atoms with van der Waals surface area (Å²) >= 11 is 1.08. The van der Waals surface area contributed by atoms with E-state index in [1.54, 1.807) is 5.38 Å². The van der Waals surface area contributed by atoms with E-state index in [0.717, 1.165) is 23.5 Å². The van der Waals surface area contributed by atoms with Gasteiger partial charge >= 0.3 is 12.1 Å². The molecule has 0 fully saturated rings. The van der Waals surface area contributed by atoms with Crippen molar-refractivity contribution in [3.63, 3.8) is 0 Å². The molecular weight excluding hydrogens is 333 g/mol. The molecule has 0 bridgehead atoms. The van der Waals surface area contributed by atoms with Crippen molar-refractivity contribution in [3.8, 4) is 0 Å². The third-order valence-corrected chi connectivity index (χ3v) is 3.80. The van der Waals surface area contributed by atoms with Crippen LogP contribution in [-0.2, 0) is 10.9 Å². The predicted octanol–water partition coefficient (Wildman–Crippen LogP) is 3.51. The molecule has 1 amide bonds. The summed E-state index contributed by atoms with van der Waals surface area (Å²) in [7, 11) is 1.21. The Labute approximate surface area is 133 Å². The second-order valence-electron chi connectivity index (χ2n) is 4.44. The first-order chi connectivity index (χ1) is 10.7. The van der Waals surface area contributed by atoms with Crippen LogP contribution in [0.3, 0.4) is 0 Å². The lowest BCUT2D eigenvalue weighted by Gasteiger charge is -2.10. The number of nitrogens with zero attached hydrogens (tertiary/aromatic N) is 1. The molecule has 2 aromatic rings. The number of aryl methyl sites for hydroxylation is 1. The normalized spacial score (nSPS) is 11.2. The molecule has 122 valence electrons. The van der Waals surface area contributed by atoms with Crippen molar-refractivity contribution in [2.75, 3.05) is 12.4 Å². The Morgan fingerprint density at radius 1 is 1.26 bits per heavy atom. The largest absolute Gasteiger partial charge is 0.465 e. The van der Waals surface area contributed by atoms with E-state index in [9.17, 15) is 22.8 Å². The van der Waals surface area contributed by atoms with Gasteiger partial charge < -0.3 is 10.1 Å². The number of ether oxygens (including phenoxy) is 1. The van der Waals surface area contributed by atoms with Gasteiger partial charge in [-0.2, -0.15) is 13.2 Å². The van der Waals surface area contributed by atoms with Gasteiger partial charge in [0, 0.05) is 0 Å². The second-order valence-corrected chi connectivity index (χ2v) is 5.35. The Bertz CT molecular complexity index is 756. The molecular formula is C14H11F3N2O3S. The minimum atomic E-state index is -4.58. The van der Waals surface area contributed by atoms with Crippen molar-refractivity contribution in [3.05, 3.63) is 45.4 Å². The van der Waals surface area contributed by atoms with Crippen molar-refractivity contribution in [2.45, 2.75) is 13.1 Å². The summed E-state index contributed by atoms with van der Waals surface area (Å²) in [5, 5.41) is 4.05. The number of anilines is 1. The van der Waals surface area contributed by atoms with E-state index < -0.39 is 23.7 Å². The number of methoxy groups -OCH3 is 1. The second kappa shape index (κ2) is 6.37. The van der Waals surface area contributed by atoms with E-state index in [-0.39, 0.29) is 21.8 Å². The van der Waals surface area contributed by atoms with Gasteiger partial charge in [0.25, 0.3) is 5.91 Å². The molecule has 0 spiro atoms. The van der Waals surface area contributed by atoms with Crippen LogP contribution in [0, 0.1) is 6.92 Å². The molecule has 2 rings (SSSR count). The van der Waals surface area contributed by atoms with Gasteiger partial charge in [-0.15, -0.1) is 11.3 Å². The van der Waals surface area contributed by atoms with Gasteiger partial charge in [0.1, 0.15) is 10.6 Å². The number of rotatable bonds is 3. The van der Waals surface area contributed by atoms with Crippen molar-refractivity contribution in [2.24, 2.45) is 0 Å². The molecule has 1 N–H and O–H groups in total. The highest BCUT2D eigenvalue weighted by Crippen LogP contribution is 2.29. The fourth-order valence-corrected chi connectivity index (χ4v) is 2.57. The van der Waals surface area contributed by atoms with Crippen molar-refractivity contribution >= 4 is 28.9 Å². The lowest BCUT2D eigenvalue weighted by Crippen LogP contribution is -2.17. The van der Waals surface area contributed by atoms with Gasteiger partial charge in [-0.25, -0.2) is 9.78 Å². The number of thiophene rings is 1. The van der Waals surface area contributed by atoms with Crippen LogP contribution in [0.25, 0.3) is 0 Å². The zero-order chi connectivity index (χ0) is 17.2. The average Bonchev–Trinajstić information content (AvgIpc) is 2.93. The van der Waals surface area contributed by atoms with Gasteiger partial charge in [0.2, 0.25) is 0 Å². The Morgan fingerprint density at radius 2 is 1.96 bits per heavy atom. The summed E-state index contributed by atoms with van der Waals surface area (Å²) in [6, 6.07) is 3.28. The number of aromatic nitrogens is 1. The lowest BCUT2D eigenvalue weighted by atomic mass is 10.1. The molecule has 2 heterocycles. The van der Waals surface area contributed by atoms with E-state index in [1.807, 2.05) is 0 Å². The monoisotopic (exact) mass is 344 g/mol. The fourth-order valence-electron chi connectivity index (χ4n) is 1.81. The lowest BCUT2D eigenvalue weighted by molar-refractivity contribution is -0.141. The van der Waals surface area contributed by atoms with Crippen molar-refractivity contribution in [1.29, 1.82) is 0 Å². The molecule has 5 nitrogen and oxygen atoms in total. The van der Waals surface area contributed by atoms with Gasteiger partial charge in [0.05, 0.1) is 24.1 Å². The number of esters is 1. The maximum Gasteiger partial charge on any atom is 0.433 e. The van der Waals surface area contributed by atoms with Crippen LogP contribution in [0.15, 0.2) is 23.6 Å². The molecule has 0 saturated heterocycles. The minimum Gasteiger partial charge on any atom is -0.465 e. The quantitative estimate of drug-likeness (QED) is 0.865. The molecule has 0 radical (unpaired) electrons. The van der Waals surface area contributed by atoms with Crippen LogP contribution in [-0.4, -0.2) is 24.0 Å². The minimum absolute atomic E-state index is 0.0139. The maximum atomic E-state index is 12.6. The first-order valence-corrected chi connectivity index (χ1v) is 7.14. The topological polar surface area (TPSA) is 68.3 Å². The first-order valence-electron chi connectivity index (χ1n) is 6.26. The highest BCUT2D eigenvalue weighted by molar-refractivity contribution is 7.12. The van der Waals surface area contributed by atoms with Gasteiger partial charge in [-0.3, -0.25) is 4.79 Å². The Hall–Kier alpha value is -2.42. The third-order valence-electron chi connectivity index (χ3n) is 2.91. The summed E-state index contributed by atoms with van der Waals surface area (Å²) in [5.74, 6) is -1.27. The van der Waals surface area contributed by atoms with E-state index in [2.05, 4.69) is 15.0 Å². The predicted molar refractivity (Wildman–Crippen MR) is 77.6 cm³/mol. The van der Waals surface area contributed by atoms with Gasteiger partial charge in [-0.1, -0.05) is 0 Å². The average molecular weight is 344 g/mol. The van der Waals surface area contributed by atoms with Crippen molar-refractivity contribution in [1.82, 2.24) is 4.98 Å². The first kappa shape index (κ1) is 16.9. The molecule has 23 heavy (non-hydrogen) atoms. The molecule has 0 aromatic carbocycles. The van der Waals surface area contributed by atoms with E-state index in [1.165, 1.54) is 20.1 Å². The standard InChI is InChI=1S/C14H11F3N2O3S/c1-7-8(3-4-10(18-7)14(15,16)17)12(20)19-9-5-6-23-11(9)13(21)22-2/h3-6H,1-2H3,(H,19,20). The van der Waals surface area contributed by atoms with Gasteiger partial charge in [-0.05, 0) is 30.5 Å². The number of halogens is 3. The highest BCUT2D eigenvalue weighted by atomic mass is 32.1. The zero-order valence-corrected chi connectivity index (χ0v) is 12.8. The summed E-state index contributed by atoms with van der Waals surface area (Å²) < 4.78 is 42.3. The van der Waals surface area contributed by atoms with Gasteiger partial charge in [0.15, 0.2) is 0 Å². The maximum absolute atomic E-state index is 12.6. The molecule has 9 heteroatoms. The molecule has 0 saturated carbocycles. The zero-order valence-electron chi connectivity index (χ0n) is 12.0. The molecule has 0 aliphatic rings. The summed E-state index contributed by atoms with van der Waals surface area (Å²) in [4.78, 5) is 27.3. The fraction of sp³-hybridized carbons (Fsp3) is 0.214. The number of pyridine rings is 1. The van der Waals surface area contributed by atoms with Crippen LogP contribution >= 0.6 is 11.3 Å². The molecule has 2 aromatic heterocycles. The van der Waals surface area contributed by atoms with Crippen LogP contribution in [0.5, 0.6) is 0 Å². The SMILES string of the molecule is COC(=O)c1sccc1NC(=O)c1ccc(C(F)(F)F)nc1C. The number of carbonyl (C=O) groups excluding carboxylic acids is 2. The Morgan fingerprint density at radius 3 is 2.52 bits per heavy atom. The van der Waals surface area contributed by atoms with Crippen LogP contribution in [0.4, 0.5) is 18.9 Å². The Kier molecular flexibility index (Phi) is 4.69. The van der Waals surface area contributed by atoms with E-state index in [4.69, 9.17) is 0 Å². The highest BCUT2D eigenvalue weighted by Gasteiger charge is 2.33. The number of hydrogen-bond donors (Lipinski definition) is 1.